The lowest BCUT2D eigenvalue weighted by molar-refractivity contribution is 0.415. The Balaban J connectivity index is 2.67. The molecule has 0 radical (unpaired) electrons. The largest absolute Gasteiger partial charge is 0.505 e. The molecule has 0 aliphatic heterocycles. The normalized spacial score (nSPS) is 18.2. The zero-order valence-corrected chi connectivity index (χ0v) is 12.3. The number of halogens is 2. The monoisotopic (exact) mass is 300 g/mol. The van der Waals surface area contributed by atoms with Gasteiger partial charge in [0.1, 0.15) is 0 Å². The Bertz CT molecular complexity index is 441. The van der Waals surface area contributed by atoms with Gasteiger partial charge in [-0.25, -0.2) is 4.39 Å². The van der Waals surface area contributed by atoms with Gasteiger partial charge in [-0.1, -0.05) is 27.7 Å². The second-order valence-electron chi connectivity index (χ2n) is 6.26. The van der Waals surface area contributed by atoms with Gasteiger partial charge in [-0.2, -0.15) is 0 Å². The van der Waals surface area contributed by atoms with Crippen LogP contribution in [0.4, 0.5) is 4.39 Å². The van der Waals surface area contributed by atoms with Gasteiger partial charge in [-0.3, -0.25) is 0 Å². The summed E-state index contributed by atoms with van der Waals surface area (Å²) in [4.78, 5) is 0. The lowest BCUT2D eigenvalue weighted by atomic mass is 9.83. The summed E-state index contributed by atoms with van der Waals surface area (Å²) >= 11 is 3.25. The predicted molar refractivity (Wildman–Crippen MR) is 71.1 cm³/mol. The predicted octanol–water partition coefficient (Wildman–Crippen LogP) is 4.64. The summed E-state index contributed by atoms with van der Waals surface area (Å²) in [6.45, 7) is 8.20. The summed E-state index contributed by atoms with van der Waals surface area (Å²) < 4.78 is 14.4. The van der Waals surface area contributed by atoms with E-state index in [0.29, 0.717) is 4.47 Å². The fourth-order valence-electron chi connectivity index (χ4n) is 2.08. The molecule has 1 aliphatic rings. The van der Waals surface area contributed by atoms with Crippen molar-refractivity contribution in [2.24, 2.45) is 0 Å². The third-order valence-corrected chi connectivity index (χ3v) is 4.41. The molecule has 1 saturated carbocycles. The smallest absolute Gasteiger partial charge is 0.179 e. The van der Waals surface area contributed by atoms with Gasteiger partial charge in [0.15, 0.2) is 11.6 Å². The summed E-state index contributed by atoms with van der Waals surface area (Å²) in [5.41, 5.74) is 1.48. The van der Waals surface area contributed by atoms with Crippen LogP contribution in [0.3, 0.4) is 0 Å². The van der Waals surface area contributed by atoms with Crippen molar-refractivity contribution in [2.75, 3.05) is 0 Å². The molecule has 0 bridgehead atoms. The molecule has 1 nitrogen and oxygen atoms in total. The Morgan fingerprint density at radius 1 is 1.35 bits per heavy atom. The maximum Gasteiger partial charge on any atom is 0.179 e. The van der Waals surface area contributed by atoms with Crippen LogP contribution in [-0.2, 0) is 10.8 Å². The van der Waals surface area contributed by atoms with E-state index in [-0.39, 0.29) is 16.6 Å². The molecule has 1 N–H and O–H groups in total. The van der Waals surface area contributed by atoms with Crippen molar-refractivity contribution >= 4 is 15.9 Å². The summed E-state index contributed by atoms with van der Waals surface area (Å²) in [6.07, 6.45) is 2.04. The molecule has 0 heterocycles. The molecule has 0 atom stereocenters. The van der Waals surface area contributed by atoms with Gasteiger partial charge in [-0.05, 0) is 51.2 Å². The highest BCUT2D eigenvalue weighted by Gasteiger charge is 2.43. The first-order valence-electron chi connectivity index (χ1n) is 5.89. The maximum absolute atomic E-state index is 14.0. The highest BCUT2D eigenvalue weighted by Crippen LogP contribution is 2.53. The number of benzene rings is 1. The minimum absolute atomic E-state index is 0.0361. The van der Waals surface area contributed by atoms with Crippen molar-refractivity contribution in [3.05, 3.63) is 27.5 Å². The molecule has 1 aromatic carbocycles. The summed E-state index contributed by atoms with van der Waals surface area (Å²) in [6, 6.07) is 1.95. The Labute approximate surface area is 110 Å². The van der Waals surface area contributed by atoms with Crippen LogP contribution in [0.15, 0.2) is 10.5 Å². The topological polar surface area (TPSA) is 20.2 Å². The molecule has 94 valence electrons. The van der Waals surface area contributed by atoms with E-state index in [0.717, 1.165) is 24.0 Å². The Hall–Kier alpha value is -0.570. The van der Waals surface area contributed by atoms with Crippen LogP contribution in [0.2, 0.25) is 0 Å². The minimum atomic E-state index is -0.527. The van der Waals surface area contributed by atoms with Crippen LogP contribution in [-0.4, -0.2) is 5.11 Å². The quantitative estimate of drug-likeness (QED) is 0.801. The molecule has 2 rings (SSSR count). The fourth-order valence-corrected chi connectivity index (χ4v) is 2.98. The van der Waals surface area contributed by atoms with Crippen molar-refractivity contribution in [3.63, 3.8) is 0 Å². The molecule has 0 aromatic heterocycles. The van der Waals surface area contributed by atoms with Crippen LogP contribution in [0.5, 0.6) is 5.75 Å². The SMILES string of the molecule is CC(C)(C)c1cc(C2(C)CC2)c(O)c(F)c1Br. The minimum Gasteiger partial charge on any atom is -0.505 e. The average Bonchev–Trinajstić information content (AvgIpc) is 2.92. The highest BCUT2D eigenvalue weighted by atomic mass is 79.9. The molecule has 0 saturated heterocycles. The number of phenols is 1. The van der Waals surface area contributed by atoms with E-state index in [1.807, 2.05) is 26.8 Å². The molecule has 0 amide bonds. The van der Waals surface area contributed by atoms with Crippen molar-refractivity contribution in [2.45, 2.75) is 51.4 Å². The number of hydrogen-bond acceptors (Lipinski definition) is 1. The second kappa shape index (κ2) is 3.71. The van der Waals surface area contributed by atoms with Gasteiger partial charge in [0.05, 0.1) is 4.47 Å². The fraction of sp³-hybridized carbons (Fsp3) is 0.571. The van der Waals surface area contributed by atoms with Crippen LogP contribution in [0.1, 0.15) is 51.7 Å². The van der Waals surface area contributed by atoms with Gasteiger partial charge >= 0.3 is 0 Å². The van der Waals surface area contributed by atoms with E-state index < -0.39 is 5.82 Å². The van der Waals surface area contributed by atoms with E-state index in [1.165, 1.54) is 0 Å². The summed E-state index contributed by atoms with van der Waals surface area (Å²) in [5, 5.41) is 9.94. The summed E-state index contributed by atoms with van der Waals surface area (Å²) in [7, 11) is 0. The molecule has 1 fully saturated rings. The molecule has 1 aromatic rings. The zero-order chi connectivity index (χ0) is 13.0. The van der Waals surface area contributed by atoms with Gasteiger partial charge in [0.2, 0.25) is 0 Å². The second-order valence-corrected chi connectivity index (χ2v) is 7.05. The van der Waals surface area contributed by atoms with Gasteiger partial charge in [-0.15, -0.1) is 0 Å². The Kier molecular flexibility index (Phi) is 2.81. The molecule has 0 spiro atoms. The third-order valence-electron chi connectivity index (χ3n) is 3.64. The van der Waals surface area contributed by atoms with Crippen molar-refractivity contribution in [1.29, 1.82) is 0 Å². The third kappa shape index (κ3) is 2.10. The first kappa shape index (κ1) is 12.9. The van der Waals surface area contributed by atoms with Gasteiger partial charge in [0.25, 0.3) is 0 Å². The first-order valence-corrected chi connectivity index (χ1v) is 6.68. The number of aromatic hydroxyl groups is 1. The zero-order valence-electron chi connectivity index (χ0n) is 10.7. The van der Waals surface area contributed by atoms with E-state index in [2.05, 4.69) is 22.9 Å². The molecule has 1 aliphatic carbocycles. The Morgan fingerprint density at radius 3 is 2.29 bits per heavy atom. The average molecular weight is 301 g/mol. The number of rotatable bonds is 1. The summed E-state index contributed by atoms with van der Waals surface area (Å²) in [5.74, 6) is -0.717. The van der Waals surface area contributed by atoms with Crippen LogP contribution in [0.25, 0.3) is 0 Å². The molecule has 17 heavy (non-hydrogen) atoms. The molecule has 0 unspecified atom stereocenters. The van der Waals surface area contributed by atoms with Crippen LogP contribution < -0.4 is 0 Å². The molecular weight excluding hydrogens is 283 g/mol. The van der Waals surface area contributed by atoms with E-state index in [4.69, 9.17) is 0 Å². The van der Waals surface area contributed by atoms with Crippen LogP contribution in [0, 0.1) is 5.82 Å². The molecular formula is C14H18BrFO. The molecule has 3 heteroatoms. The lowest BCUT2D eigenvalue weighted by Gasteiger charge is -2.24. The van der Waals surface area contributed by atoms with Gasteiger partial charge < -0.3 is 5.11 Å². The van der Waals surface area contributed by atoms with E-state index in [1.54, 1.807) is 0 Å². The van der Waals surface area contributed by atoms with Crippen molar-refractivity contribution in [3.8, 4) is 5.75 Å². The van der Waals surface area contributed by atoms with Crippen molar-refractivity contribution < 1.29 is 9.50 Å². The highest BCUT2D eigenvalue weighted by molar-refractivity contribution is 9.10. The van der Waals surface area contributed by atoms with Crippen LogP contribution >= 0.6 is 15.9 Å². The van der Waals surface area contributed by atoms with Gasteiger partial charge in [0, 0.05) is 5.56 Å². The van der Waals surface area contributed by atoms with Crippen molar-refractivity contribution in [1.82, 2.24) is 0 Å². The lowest BCUT2D eigenvalue weighted by Crippen LogP contribution is -2.15. The van der Waals surface area contributed by atoms with E-state index >= 15 is 0 Å². The Morgan fingerprint density at radius 2 is 1.88 bits per heavy atom. The standard InChI is InChI=1S/C14H18BrFO/c1-13(2,3)8-7-9(14(4)5-6-14)12(17)11(16)10(8)15/h7,17H,5-6H2,1-4H3. The number of phenolic OH excluding ortho intramolecular Hbond substituents is 1. The van der Waals surface area contributed by atoms with E-state index in [9.17, 15) is 9.50 Å². The number of hydrogen-bond donors (Lipinski definition) is 1. The maximum atomic E-state index is 14.0. The first-order chi connectivity index (χ1) is 7.67.